The van der Waals surface area contributed by atoms with E-state index in [0.717, 1.165) is 12.0 Å². The molecule has 2 heterocycles. The maximum atomic E-state index is 15.1. The van der Waals surface area contributed by atoms with Crippen LogP contribution in [0.15, 0.2) is 47.5 Å². The van der Waals surface area contributed by atoms with E-state index in [9.17, 15) is 9.59 Å². The van der Waals surface area contributed by atoms with Crippen molar-refractivity contribution in [2.24, 2.45) is 16.3 Å². The third-order valence-electron chi connectivity index (χ3n) is 8.92. The van der Waals surface area contributed by atoms with Gasteiger partial charge in [-0.25, -0.2) is 4.39 Å². The molecule has 1 atom stereocenters. The number of nitrogens with zero attached hydrogens (tertiary/aromatic N) is 5. The lowest BCUT2D eigenvalue weighted by atomic mass is 9.74. The van der Waals surface area contributed by atoms with E-state index < -0.39 is 11.3 Å². The average molecular weight is 657 g/mol. The Labute approximate surface area is 273 Å². The molecule has 1 spiro atoms. The normalized spacial score (nSPS) is 21.2. The van der Waals surface area contributed by atoms with Crippen LogP contribution in [0, 0.1) is 11.3 Å². The Bertz CT molecular complexity index is 1530. The highest BCUT2D eigenvalue weighted by Crippen LogP contribution is 2.49. The minimum Gasteiger partial charge on any atom is -0.345 e. The van der Waals surface area contributed by atoms with Gasteiger partial charge in [-0.15, -0.1) is 10.2 Å². The standard InChI is InChI=1S/C33H40Cl2FN7O2/c1-31(2,3)13-12-26(20-6-8-21(9-7-20)29(44)37-19-27-39-41-42-40-27)43-30(45)28(22-16-24(34)18-25(35)17-22)38-33(43)14-10-23(11-15-33)32(4,5)36/h6-9,16-18,23,26H,10-15,19H2,1-5H3,(H,37,44)(H,39,40,41,42)/t23?,26-,33?/m1/s1. The summed E-state index contributed by atoms with van der Waals surface area (Å²) < 4.78 is 15.1. The fourth-order valence-electron chi connectivity index (χ4n) is 6.43. The second kappa shape index (κ2) is 12.8. The van der Waals surface area contributed by atoms with Gasteiger partial charge in [0.1, 0.15) is 17.0 Å². The lowest BCUT2D eigenvalue weighted by Gasteiger charge is -2.47. The van der Waals surface area contributed by atoms with E-state index >= 15 is 4.39 Å². The van der Waals surface area contributed by atoms with Crippen molar-refractivity contribution in [2.45, 2.75) is 97.1 Å². The summed E-state index contributed by atoms with van der Waals surface area (Å²) >= 11 is 12.7. The number of alkyl halides is 1. The number of carbonyl (C=O) groups excluding carboxylic acids is 2. The number of rotatable bonds is 9. The van der Waals surface area contributed by atoms with E-state index in [1.807, 2.05) is 17.0 Å². The number of nitrogens with one attached hydrogen (secondary N) is 2. The van der Waals surface area contributed by atoms with Gasteiger partial charge in [-0.05, 0) is 99.6 Å². The van der Waals surface area contributed by atoms with E-state index in [-0.39, 0.29) is 35.7 Å². The van der Waals surface area contributed by atoms with E-state index in [1.165, 1.54) is 0 Å². The SMILES string of the molecule is CC(C)(C)CC[C@H](c1ccc(C(=O)NCc2nn[nH]n2)cc1)N1C(=O)C(c2cc(Cl)cc(Cl)c2)=NC12CCC(C(C)(C)F)CC2. The van der Waals surface area contributed by atoms with Crippen LogP contribution >= 0.6 is 23.2 Å². The Morgan fingerprint density at radius 2 is 1.73 bits per heavy atom. The first-order valence-corrected chi connectivity index (χ1v) is 16.1. The van der Waals surface area contributed by atoms with Gasteiger partial charge < -0.3 is 10.2 Å². The summed E-state index contributed by atoms with van der Waals surface area (Å²) in [4.78, 5) is 34.5. The van der Waals surface area contributed by atoms with Crippen LogP contribution in [0.1, 0.15) is 106 Å². The van der Waals surface area contributed by atoms with Crippen molar-refractivity contribution >= 4 is 40.7 Å². The van der Waals surface area contributed by atoms with Crippen molar-refractivity contribution in [1.82, 2.24) is 30.8 Å². The van der Waals surface area contributed by atoms with E-state index in [1.54, 1.807) is 44.2 Å². The Morgan fingerprint density at radius 3 is 2.29 bits per heavy atom. The van der Waals surface area contributed by atoms with Crippen LogP contribution in [0.2, 0.25) is 10.0 Å². The maximum absolute atomic E-state index is 15.1. The first-order valence-electron chi connectivity index (χ1n) is 15.3. The number of halogens is 3. The summed E-state index contributed by atoms with van der Waals surface area (Å²) in [5, 5.41) is 17.2. The molecule has 9 nitrogen and oxygen atoms in total. The summed E-state index contributed by atoms with van der Waals surface area (Å²) in [6.07, 6.45) is 3.80. The van der Waals surface area contributed by atoms with Crippen LogP contribution in [-0.2, 0) is 11.3 Å². The molecule has 1 aliphatic carbocycles. The molecule has 240 valence electrons. The van der Waals surface area contributed by atoms with Crippen LogP contribution in [0.4, 0.5) is 4.39 Å². The number of carbonyl (C=O) groups is 2. The third-order valence-corrected chi connectivity index (χ3v) is 9.35. The Morgan fingerprint density at radius 1 is 1.09 bits per heavy atom. The highest BCUT2D eigenvalue weighted by Gasteiger charge is 2.53. The number of hydrogen-bond donors (Lipinski definition) is 2. The van der Waals surface area contributed by atoms with E-state index in [4.69, 9.17) is 28.2 Å². The Kier molecular flexibility index (Phi) is 9.38. The van der Waals surface area contributed by atoms with Crippen molar-refractivity contribution in [2.75, 3.05) is 0 Å². The highest BCUT2D eigenvalue weighted by atomic mass is 35.5. The molecule has 2 aliphatic rings. The molecule has 3 aromatic rings. The summed E-state index contributed by atoms with van der Waals surface area (Å²) in [7, 11) is 0. The van der Waals surface area contributed by atoms with Gasteiger partial charge in [0.15, 0.2) is 5.82 Å². The van der Waals surface area contributed by atoms with Gasteiger partial charge in [-0.1, -0.05) is 61.3 Å². The van der Waals surface area contributed by atoms with Gasteiger partial charge in [0.05, 0.1) is 12.6 Å². The maximum Gasteiger partial charge on any atom is 0.275 e. The minimum atomic E-state index is -1.33. The van der Waals surface area contributed by atoms with Crippen LogP contribution in [0.5, 0.6) is 0 Å². The van der Waals surface area contributed by atoms with Gasteiger partial charge in [-0.2, -0.15) is 5.21 Å². The molecule has 2 amide bonds. The molecule has 1 aromatic heterocycles. The second-order valence-electron chi connectivity index (χ2n) is 13.9. The first-order chi connectivity index (χ1) is 21.1. The van der Waals surface area contributed by atoms with Crippen LogP contribution in [-0.4, -0.2) is 54.4 Å². The number of tetrazole rings is 1. The zero-order valence-electron chi connectivity index (χ0n) is 26.3. The van der Waals surface area contributed by atoms with Crippen LogP contribution < -0.4 is 5.32 Å². The van der Waals surface area contributed by atoms with Gasteiger partial charge in [0.25, 0.3) is 11.8 Å². The molecular weight excluding hydrogens is 616 g/mol. The Hall–Kier alpha value is -3.37. The second-order valence-corrected chi connectivity index (χ2v) is 14.7. The monoisotopic (exact) mass is 655 g/mol. The van der Waals surface area contributed by atoms with Crippen LogP contribution in [0.3, 0.4) is 0 Å². The third kappa shape index (κ3) is 7.55. The van der Waals surface area contributed by atoms with Crippen molar-refractivity contribution in [3.63, 3.8) is 0 Å². The van der Waals surface area contributed by atoms with Gasteiger partial charge >= 0.3 is 0 Å². The molecule has 1 saturated carbocycles. The molecule has 12 heteroatoms. The summed E-state index contributed by atoms with van der Waals surface area (Å²) in [6, 6.07) is 12.1. The fourth-order valence-corrected chi connectivity index (χ4v) is 6.96. The number of amides is 2. The van der Waals surface area contributed by atoms with Gasteiger partial charge in [0.2, 0.25) is 0 Å². The quantitative estimate of drug-likeness (QED) is 0.251. The van der Waals surface area contributed by atoms with Crippen molar-refractivity contribution in [1.29, 1.82) is 0 Å². The predicted molar refractivity (Wildman–Crippen MR) is 173 cm³/mol. The average Bonchev–Trinajstić information content (AvgIpc) is 3.58. The molecular formula is C33H40Cl2FN7O2. The number of hydrogen-bond acceptors (Lipinski definition) is 6. The zero-order valence-corrected chi connectivity index (χ0v) is 27.8. The number of aromatic nitrogens is 4. The molecule has 1 fully saturated rings. The molecule has 1 aliphatic heterocycles. The molecule has 0 bridgehead atoms. The first kappa shape index (κ1) is 33.0. The van der Waals surface area contributed by atoms with Crippen LogP contribution in [0.25, 0.3) is 0 Å². The van der Waals surface area contributed by atoms with E-state index in [0.29, 0.717) is 64.8 Å². The lowest BCUT2D eigenvalue weighted by molar-refractivity contribution is -0.134. The Balaban J connectivity index is 1.51. The number of H-pyrrole nitrogens is 1. The summed E-state index contributed by atoms with van der Waals surface area (Å²) in [6.45, 7) is 9.91. The lowest BCUT2D eigenvalue weighted by Crippen LogP contribution is -2.52. The zero-order chi connectivity index (χ0) is 32.6. The number of benzene rings is 2. The number of aromatic amines is 1. The topological polar surface area (TPSA) is 116 Å². The van der Waals surface area contributed by atoms with E-state index in [2.05, 4.69) is 46.7 Å². The molecule has 45 heavy (non-hydrogen) atoms. The largest absolute Gasteiger partial charge is 0.345 e. The predicted octanol–water partition coefficient (Wildman–Crippen LogP) is 7.27. The van der Waals surface area contributed by atoms with Gasteiger partial charge in [-0.3, -0.25) is 14.6 Å². The summed E-state index contributed by atoms with van der Waals surface area (Å²) in [5.74, 6) is -0.227. The van der Waals surface area contributed by atoms with Crippen molar-refractivity contribution < 1.29 is 14.0 Å². The smallest absolute Gasteiger partial charge is 0.275 e. The minimum absolute atomic E-state index is 0.00322. The fraction of sp³-hybridized carbons (Fsp3) is 0.515. The number of aliphatic imine (C=N–C) groups is 1. The summed E-state index contributed by atoms with van der Waals surface area (Å²) in [5.41, 5.74) is 0.0836. The molecule has 0 radical (unpaired) electrons. The molecule has 2 N–H and O–H groups in total. The van der Waals surface area contributed by atoms with Gasteiger partial charge in [0, 0.05) is 21.2 Å². The molecule has 0 saturated heterocycles. The van der Waals surface area contributed by atoms with Crippen molar-refractivity contribution in [3.05, 3.63) is 75.0 Å². The molecule has 5 rings (SSSR count). The molecule has 2 aromatic carbocycles. The molecule has 0 unspecified atom stereocenters. The highest BCUT2D eigenvalue weighted by molar-refractivity contribution is 6.47. The van der Waals surface area contributed by atoms with Crippen molar-refractivity contribution in [3.8, 4) is 0 Å².